The largest absolute Gasteiger partial charge is 0.435 e. The minimum atomic E-state index is -1.49. The van der Waals surface area contributed by atoms with Gasteiger partial charge in [-0.25, -0.2) is 0 Å². The van der Waals surface area contributed by atoms with E-state index in [-0.39, 0.29) is 0 Å². The summed E-state index contributed by atoms with van der Waals surface area (Å²) < 4.78 is 47.2. The van der Waals surface area contributed by atoms with Crippen LogP contribution in [0.2, 0.25) is 0 Å². The van der Waals surface area contributed by atoms with E-state index in [0.717, 1.165) is 33.4 Å². The van der Waals surface area contributed by atoms with Crippen molar-refractivity contribution in [3.05, 3.63) is 231 Å². The first kappa shape index (κ1) is 41.6. The third kappa shape index (κ3) is 8.27. The van der Waals surface area contributed by atoms with E-state index < -0.39 is 33.8 Å². The van der Waals surface area contributed by atoms with Gasteiger partial charge < -0.3 is 18.1 Å². The Kier molecular flexibility index (Phi) is 11.9. The Hall–Kier alpha value is -6.40. The number of hydrogen-bond donors (Lipinski definition) is 0. The lowest BCUT2D eigenvalue weighted by Crippen LogP contribution is -2.11. The zero-order chi connectivity index (χ0) is 43.6. The average molecular weight is 923 g/mol. The Balaban J connectivity index is 1.28. The predicted molar refractivity (Wildman–Crippen MR) is 260 cm³/mol. The first-order chi connectivity index (χ1) is 31.4. The predicted octanol–water partition coefficient (Wildman–Crippen LogP) is 13.8. The molecule has 0 saturated carbocycles. The van der Waals surface area contributed by atoms with Gasteiger partial charge in [-0.05, 0) is 159 Å². The zero-order valence-corrected chi connectivity index (χ0v) is 39.2. The lowest BCUT2D eigenvalue weighted by molar-refractivity contribution is 0.549. The zero-order valence-electron chi connectivity index (χ0n) is 35.6. The summed E-state index contributed by atoms with van der Waals surface area (Å²) in [6.45, 7) is 8.44. The minimum absolute atomic E-state index is 0.654. The molecule has 0 aliphatic carbocycles. The summed E-state index contributed by atoms with van der Waals surface area (Å²) in [6.07, 6.45) is 32.8. The monoisotopic (exact) mass is 922 g/mol. The van der Waals surface area contributed by atoms with Crippen LogP contribution in [0.15, 0.2) is 208 Å². The van der Waals surface area contributed by atoms with Crippen molar-refractivity contribution in [2.24, 2.45) is 0 Å². The number of aryl methyl sites for hydroxylation is 4. The van der Waals surface area contributed by atoms with Gasteiger partial charge >= 0.3 is 33.8 Å². The number of rotatable bonds is 17. The molecule has 0 aliphatic heterocycles. The van der Waals surface area contributed by atoms with Crippen molar-refractivity contribution < 1.29 is 18.1 Å². The van der Waals surface area contributed by atoms with E-state index in [1.807, 2.05) is 196 Å². The molecule has 8 aromatic heterocycles. The van der Waals surface area contributed by atoms with E-state index in [1.54, 1.807) is 0 Å². The molecule has 12 nitrogen and oxygen atoms in total. The number of nitrogens with zero attached hydrogens (tertiary/aromatic N) is 8. The topological polar surface area (TPSA) is 76.4 Å². The average Bonchev–Trinajstić information content (AvgIpc) is 4.15. The van der Waals surface area contributed by atoms with Gasteiger partial charge in [-0.15, -0.1) is 0 Å². The van der Waals surface area contributed by atoms with Crippen LogP contribution < -0.4 is 18.1 Å². The molecule has 10 rings (SSSR count). The number of aromatic nitrogens is 8. The summed E-state index contributed by atoms with van der Waals surface area (Å²) in [5, 5.41) is 0. The maximum atomic E-state index is 7.55. The van der Waals surface area contributed by atoms with Gasteiger partial charge in [0.2, 0.25) is 0 Å². The van der Waals surface area contributed by atoms with Gasteiger partial charge in [-0.1, -0.05) is 0 Å². The number of benzene rings is 2. The molecule has 10 aromatic rings. The van der Waals surface area contributed by atoms with E-state index in [9.17, 15) is 0 Å². The fraction of sp³-hybridized carbons (Fsp3) is 0.0833. The van der Waals surface area contributed by atoms with Gasteiger partial charge in [0.05, 0.1) is 11.1 Å². The van der Waals surface area contributed by atoms with Crippen molar-refractivity contribution in [2.75, 3.05) is 0 Å². The molecule has 0 radical (unpaired) electrons. The molecule has 8 heterocycles. The highest BCUT2D eigenvalue weighted by Gasteiger charge is 2.35. The second-order valence-corrected chi connectivity index (χ2v) is 21.4. The van der Waals surface area contributed by atoms with E-state index >= 15 is 0 Å². The van der Waals surface area contributed by atoms with Crippen molar-refractivity contribution in [1.82, 2.24) is 34.7 Å². The first-order valence-corrected chi connectivity index (χ1v) is 25.3. The normalized spacial score (nSPS) is 11.7. The molecule has 0 amide bonds. The summed E-state index contributed by atoms with van der Waals surface area (Å²) >= 11 is 0. The number of hydrogen-bond acceptors (Lipinski definition) is 4. The Labute approximate surface area is 377 Å². The fourth-order valence-electron chi connectivity index (χ4n) is 7.53. The van der Waals surface area contributed by atoms with Crippen LogP contribution in [0.3, 0.4) is 0 Å². The Morgan fingerprint density at radius 1 is 0.250 bits per heavy atom. The van der Waals surface area contributed by atoms with E-state index in [0.29, 0.717) is 23.0 Å². The van der Waals surface area contributed by atoms with Gasteiger partial charge in [0, 0.05) is 99.1 Å². The Morgan fingerprint density at radius 3 is 0.531 bits per heavy atom. The molecule has 0 bridgehead atoms. The van der Waals surface area contributed by atoms with Crippen LogP contribution in [0.1, 0.15) is 22.3 Å². The Morgan fingerprint density at radius 2 is 0.391 bits per heavy atom. The Bertz CT molecular complexity index is 2460. The van der Waals surface area contributed by atoms with Gasteiger partial charge in [0.25, 0.3) is 0 Å². The van der Waals surface area contributed by atoms with Gasteiger partial charge in [-0.3, -0.25) is 34.7 Å². The summed E-state index contributed by atoms with van der Waals surface area (Å²) in [5.41, 5.74) is 5.21. The lowest BCUT2D eigenvalue weighted by Gasteiger charge is -2.31. The first-order valence-electron chi connectivity index (χ1n) is 20.7. The van der Waals surface area contributed by atoms with Crippen LogP contribution in [0.4, 0.5) is 0 Å². The van der Waals surface area contributed by atoms with E-state index in [2.05, 4.69) is 74.5 Å². The molecule has 2 aromatic carbocycles. The highest BCUT2D eigenvalue weighted by Crippen LogP contribution is 2.61. The van der Waals surface area contributed by atoms with Crippen molar-refractivity contribution in [2.45, 2.75) is 27.7 Å². The molecule has 0 saturated heterocycles. The smallest absolute Gasteiger partial charge is 0.317 e. The third-order valence-corrected chi connectivity index (χ3v) is 17.1. The minimum Gasteiger partial charge on any atom is -0.435 e. The molecule has 0 atom stereocenters. The van der Waals surface area contributed by atoms with Crippen LogP contribution in [0.5, 0.6) is 23.0 Å². The highest BCUT2D eigenvalue weighted by atomic mass is 31.2. The highest BCUT2D eigenvalue weighted by molar-refractivity contribution is 7.50. The van der Waals surface area contributed by atoms with Gasteiger partial charge in [0.1, 0.15) is 23.0 Å². The van der Waals surface area contributed by atoms with Crippen LogP contribution >= 0.6 is 33.8 Å². The molecule has 0 N–H and O–H groups in total. The summed E-state index contributed by atoms with van der Waals surface area (Å²) in [5.74, 6) is 2.62. The van der Waals surface area contributed by atoms with Crippen LogP contribution in [0, 0.1) is 27.7 Å². The summed E-state index contributed by atoms with van der Waals surface area (Å²) in [7, 11) is -5.98. The van der Waals surface area contributed by atoms with Crippen molar-refractivity contribution in [3.63, 3.8) is 0 Å². The molecular formula is C48H46N8O4P4. The summed E-state index contributed by atoms with van der Waals surface area (Å²) in [4.78, 5) is 0. The van der Waals surface area contributed by atoms with Gasteiger partial charge in [0.15, 0.2) is 0 Å². The fourth-order valence-corrected chi connectivity index (χ4v) is 13.9. The summed E-state index contributed by atoms with van der Waals surface area (Å²) in [6, 6.07) is 36.7. The third-order valence-electron chi connectivity index (χ3n) is 10.4. The van der Waals surface area contributed by atoms with E-state index in [1.165, 1.54) is 0 Å². The van der Waals surface area contributed by atoms with Crippen LogP contribution in [0.25, 0.3) is 11.1 Å². The SMILES string of the molecule is Cc1cc(C)c(OP(n2cccc2)n2cccc2)c(-c2c(OP(n3cccc3)n3cccc3)c(C)cc(C)c2OP(n2cccc2)n2cccc2)c1OP(n1cccc1)n1cccc1. The van der Waals surface area contributed by atoms with Crippen LogP contribution in [-0.2, 0) is 0 Å². The lowest BCUT2D eigenvalue weighted by atomic mass is 9.93. The molecule has 0 unspecified atom stereocenters. The van der Waals surface area contributed by atoms with Crippen molar-refractivity contribution in [1.29, 1.82) is 0 Å². The molecule has 0 spiro atoms. The maximum Gasteiger partial charge on any atom is 0.317 e. The molecule has 0 aliphatic rings. The molecule has 16 heteroatoms. The van der Waals surface area contributed by atoms with Crippen molar-refractivity contribution >= 4 is 33.8 Å². The molecule has 322 valence electrons. The quantitative estimate of drug-likeness (QED) is 0.0853. The van der Waals surface area contributed by atoms with Gasteiger partial charge in [-0.2, -0.15) is 0 Å². The maximum absolute atomic E-state index is 7.55. The molecular weight excluding hydrogens is 876 g/mol. The second-order valence-electron chi connectivity index (χ2n) is 15.0. The standard InChI is InChI=1S/C48H46N8O4P4/c1-39-37-40(2)46(58-62(51-25-9-10-26-51)52-27-11-12-28-52)43(45(39)57-61(49-21-5-6-22-49)50-23-7-8-24-50)44-47(59-63(53-29-13-14-30-53)54-31-15-16-32-54)41(3)38-42(4)48(44)60-64(55-33-17-18-34-55)56-35-19-20-36-56/h5-38H,1-4H3. The second kappa shape index (κ2) is 18.4. The van der Waals surface area contributed by atoms with Crippen molar-refractivity contribution in [3.8, 4) is 34.1 Å². The molecule has 0 fully saturated rings. The van der Waals surface area contributed by atoms with Crippen LogP contribution in [-0.4, -0.2) is 34.7 Å². The molecule has 64 heavy (non-hydrogen) atoms. The van der Waals surface area contributed by atoms with E-state index in [4.69, 9.17) is 18.1 Å².